The van der Waals surface area contributed by atoms with Gasteiger partial charge >= 0.3 is 5.97 Å². The Labute approximate surface area is 115 Å². The fourth-order valence-electron chi connectivity index (χ4n) is 4.39. The van der Waals surface area contributed by atoms with Crippen LogP contribution in [-0.2, 0) is 4.79 Å². The minimum Gasteiger partial charge on any atom is -0.481 e. The summed E-state index contributed by atoms with van der Waals surface area (Å²) in [6.07, 6.45) is 3.44. The number of rotatable bonds is 3. The lowest BCUT2D eigenvalue weighted by Gasteiger charge is -2.48. The molecule has 4 aliphatic heterocycles. The molecule has 4 fully saturated rings. The van der Waals surface area contributed by atoms with Crippen LogP contribution in [0.5, 0.6) is 0 Å². The van der Waals surface area contributed by atoms with Crippen molar-refractivity contribution in [2.45, 2.75) is 39.2 Å². The summed E-state index contributed by atoms with van der Waals surface area (Å²) in [7, 11) is 0. The van der Waals surface area contributed by atoms with Crippen molar-refractivity contribution in [1.82, 2.24) is 9.80 Å². The molecule has 0 amide bonds. The standard InChI is InChI=1S/C15H26N2O2/c1-11(2)15(14(18)19)5-8-17(10-15)13-9-16-6-3-12(13)4-7-16/h11-13H,3-10H2,1-2H3,(H,18,19). The van der Waals surface area contributed by atoms with Gasteiger partial charge in [-0.1, -0.05) is 13.8 Å². The lowest BCUT2D eigenvalue weighted by molar-refractivity contribution is -0.151. The molecule has 4 heteroatoms. The van der Waals surface area contributed by atoms with Crippen LogP contribution in [0.4, 0.5) is 0 Å². The number of aliphatic carboxylic acids is 1. The van der Waals surface area contributed by atoms with Gasteiger partial charge in [0.2, 0.25) is 0 Å². The summed E-state index contributed by atoms with van der Waals surface area (Å²) in [5.74, 6) is 0.434. The van der Waals surface area contributed by atoms with Crippen molar-refractivity contribution in [3.63, 3.8) is 0 Å². The van der Waals surface area contributed by atoms with Gasteiger partial charge in [-0.15, -0.1) is 0 Å². The van der Waals surface area contributed by atoms with Crippen LogP contribution in [-0.4, -0.2) is 59.6 Å². The first-order valence-electron chi connectivity index (χ1n) is 7.73. The average molecular weight is 266 g/mol. The summed E-state index contributed by atoms with van der Waals surface area (Å²) in [6, 6.07) is 0.613. The second-order valence-electron chi connectivity index (χ2n) is 7.04. The van der Waals surface area contributed by atoms with Crippen molar-refractivity contribution >= 4 is 5.97 Å². The van der Waals surface area contributed by atoms with Gasteiger partial charge < -0.3 is 10.0 Å². The van der Waals surface area contributed by atoms with E-state index < -0.39 is 11.4 Å². The van der Waals surface area contributed by atoms with Crippen molar-refractivity contribution in [1.29, 1.82) is 0 Å². The van der Waals surface area contributed by atoms with E-state index in [1.54, 1.807) is 0 Å². The predicted octanol–water partition coefficient (Wildman–Crippen LogP) is 1.51. The van der Waals surface area contributed by atoms with Crippen molar-refractivity contribution in [2.75, 3.05) is 32.7 Å². The van der Waals surface area contributed by atoms with Gasteiger partial charge in [-0.25, -0.2) is 0 Å². The fraction of sp³-hybridized carbons (Fsp3) is 0.933. The van der Waals surface area contributed by atoms with E-state index in [0.717, 1.165) is 25.4 Å². The predicted molar refractivity (Wildman–Crippen MR) is 74.0 cm³/mol. The number of likely N-dealkylation sites (tertiary alicyclic amines) is 1. The number of carboxylic acid groups (broad SMARTS) is 1. The Hall–Kier alpha value is -0.610. The quantitative estimate of drug-likeness (QED) is 0.841. The SMILES string of the molecule is CC(C)C1(C(=O)O)CCN(C2CN3CCC2CC3)C1. The van der Waals surface area contributed by atoms with Crippen LogP contribution in [0.2, 0.25) is 0 Å². The fourth-order valence-corrected chi connectivity index (χ4v) is 4.39. The molecule has 0 saturated carbocycles. The van der Waals surface area contributed by atoms with E-state index in [1.807, 2.05) is 0 Å². The van der Waals surface area contributed by atoms with E-state index in [0.29, 0.717) is 6.04 Å². The molecule has 0 aliphatic carbocycles. The molecule has 0 aromatic rings. The highest BCUT2D eigenvalue weighted by molar-refractivity contribution is 5.75. The summed E-state index contributed by atoms with van der Waals surface area (Å²) in [4.78, 5) is 16.8. The molecule has 4 heterocycles. The second-order valence-corrected chi connectivity index (χ2v) is 7.04. The van der Waals surface area contributed by atoms with Gasteiger partial charge in [0, 0.05) is 19.1 Å². The Morgan fingerprint density at radius 3 is 2.37 bits per heavy atom. The Morgan fingerprint density at radius 2 is 1.95 bits per heavy atom. The topological polar surface area (TPSA) is 43.8 Å². The molecule has 2 unspecified atom stereocenters. The third kappa shape index (κ3) is 2.09. The Bertz CT molecular complexity index is 363. The minimum absolute atomic E-state index is 0.219. The molecule has 4 saturated heterocycles. The van der Waals surface area contributed by atoms with Gasteiger partial charge in [0.25, 0.3) is 0 Å². The molecule has 0 aromatic carbocycles. The largest absolute Gasteiger partial charge is 0.481 e. The molecule has 1 N–H and O–H groups in total. The molecule has 0 spiro atoms. The summed E-state index contributed by atoms with van der Waals surface area (Å²) in [5, 5.41) is 9.65. The monoisotopic (exact) mass is 266 g/mol. The first-order valence-corrected chi connectivity index (χ1v) is 7.73. The van der Waals surface area contributed by atoms with Crippen molar-refractivity contribution < 1.29 is 9.90 Å². The molecular formula is C15H26N2O2. The van der Waals surface area contributed by atoms with Crippen LogP contribution in [0.1, 0.15) is 33.1 Å². The maximum absolute atomic E-state index is 11.7. The minimum atomic E-state index is -0.591. The van der Waals surface area contributed by atoms with E-state index in [1.165, 1.54) is 32.5 Å². The zero-order chi connectivity index (χ0) is 13.6. The van der Waals surface area contributed by atoms with Crippen LogP contribution in [0.15, 0.2) is 0 Å². The van der Waals surface area contributed by atoms with Crippen molar-refractivity contribution in [2.24, 2.45) is 17.3 Å². The molecule has 4 nitrogen and oxygen atoms in total. The molecule has 2 bridgehead atoms. The highest BCUT2D eigenvalue weighted by Gasteiger charge is 2.50. The van der Waals surface area contributed by atoms with E-state index >= 15 is 0 Å². The van der Waals surface area contributed by atoms with Crippen LogP contribution < -0.4 is 0 Å². The normalized spacial score (nSPS) is 43.0. The number of hydrogen-bond donors (Lipinski definition) is 1. The molecular weight excluding hydrogens is 240 g/mol. The molecule has 4 aliphatic rings. The zero-order valence-corrected chi connectivity index (χ0v) is 12.1. The molecule has 0 aromatic heterocycles. The molecule has 0 radical (unpaired) electrons. The van der Waals surface area contributed by atoms with Gasteiger partial charge in [0.05, 0.1) is 5.41 Å². The van der Waals surface area contributed by atoms with Crippen molar-refractivity contribution in [3.8, 4) is 0 Å². The average Bonchev–Trinajstić information content (AvgIpc) is 2.86. The third-order valence-electron chi connectivity index (χ3n) is 5.95. The third-order valence-corrected chi connectivity index (χ3v) is 5.95. The van der Waals surface area contributed by atoms with E-state index in [4.69, 9.17) is 0 Å². The summed E-state index contributed by atoms with van der Waals surface area (Å²) in [5.41, 5.74) is -0.508. The molecule has 108 valence electrons. The second kappa shape index (κ2) is 4.74. The summed E-state index contributed by atoms with van der Waals surface area (Å²) >= 11 is 0. The Morgan fingerprint density at radius 1 is 1.26 bits per heavy atom. The van der Waals surface area contributed by atoms with Gasteiger partial charge in [0.15, 0.2) is 0 Å². The smallest absolute Gasteiger partial charge is 0.311 e. The summed E-state index contributed by atoms with van der Waals surface area (Å²) < 4.78 is 0. The van der Waals surface area contributed by atoms with Gasteiger partial charge in [-0.05, 0) is 50.7 Å². The molecule has 2 atom stereocenters. The van der Waals surface area contributed by atoms with Crippen LogP contribution >= 0.6 is 0 Å². The zero-order valence-electron chi connectivity index (χ0n) is 12.1. The van der Waals surface area contributed by atoms with E-state index in [2.05, 4.69) is 23.6 Å². The lowest BCUT2D eigenvalue weighted by Crippen LogP contribution is -2.57. The Balaban J connectivity index is 1.73. The highest BCUT2D eigenvalue weighted by atomic mass is 16.4. The van der Waals surface area contributed by atoms with Crippen LogP contribution in [0.25, 0.3) is 0 Å². The van der Waals surface area contributed by atoms with Gasteiger partial charge in [-0.2, -0.15) is 0 Å². The lowest BCUT2D eigenvalue weighted by atomic mass is 9.76. The number of carboxylic acids is 1. The van der Waals surface area contributed by atoms with Crippen LogP contribution in [0, 0.1) is 17.3 Å². The Kier molecular flexibility index (Phi) is 3.34. The maximum atomic E-state index is 11.7. The number of fused-ring (bicyclic) bond motifs is 3. The van der Waals surface area contributed by atoms with Crippen LogP contribution in [0.3, 0.4) is 0 Å². The highest BCUT2D eigenvalue weighted by Crippen LogP contribution is 2.42. The first kappa shape index (κ1) is 13.4. The van der Waals surface area contributed by atoms with Gasteiger partial charge in [-0.3, -0.25) is 9.69 Å². The molecule has 4 rings (SSSR count). The summed E-state index contributed by atoms with van der Waals surface area (Å²) in [6.45, 7) is 9.53. The molecule has 19 heavy (non-hydrogen) atoms. The van der Waals surface area contributed by atoms with Crippen molar-refractivity contribution in [3.05, 3.63) is 0 Å². The number of hydrogen-bond acceptors (Lipinski definition) is 3. The van der Waals surface area contributed by atoms with E-state index in [9.17, 15) is 9.90 Å². The van der Waals surface area contributed by atoms with E-state index in [-0.39, 0.29) is 5.92 Å². The maximum Gasteiger partial charge on any atom is 0.311 e. The number of nitrogens with zero attached hydrogens (tertiary/aromatic N) is 2. The first-order chi connectivity index (χ1) is 9.03. The number of piperidine rings is 3. The number of carbonyl (C=O) groups is 1. The van der Waals surface area contributed by atoms with Gasteiger partial charge in [0.1, 0.15) is 0 Å².